The van der Waals surface area contributed by atoms with Crippen molar-refractivity contribution in [1.29, 1.82) is 0 Å². The van der Waals surface area contributed by atoms with Gasteiger partial charge in [-0.25, -0.2) is 14.8 Å². The van der Waals surface area contributed by atoms with Crippen LogP contribution < -0.4 is 5.73 Å². The summed E-state index contributed by atoms with van der Waals surface area (Å²) in [4.78, 5) is 22.4. The fourth-order valence-electron chi connectivity index (χ4n) is 2.42. The predicted molar refractivity (Wildman–Crippen MR) is 87.0 cm³/mol. The van der Waals surface area contributed by atoms with Gasteiger partial charge in [-0.3, -0.25) is 0 Å². The van der Waals surface area contributed by atoms with Gasteiger partial charge in [-0.15, -0.1) is 12.4 Å². The number of hydrogen-bond acceptors (Lipinski definition) is 5. The standard InChI is InChI=1S/C15H24N4O2.ClH/c1-15(2,3)21-14(20)19-6-4-5-11(10-19)12-8-17-13(7-16)18-9-12;/h8-9,11H,4-7,10,16H2,1-3H3;1H. The molecule has 1 aromatic heterocycles. The van der Waals surface area contributed by atoms with Crippen LogP contribution >= 0.6 is 12.4 Å². The maximum absolute atomic E-state index is 12.1. The van der Waals surface area contributed by atoms with Crippen LogP contribution in [0.4, 0.5) is 4.79 Å². The Bertz CT molecular complexity index is 487. The van der Waals surface area contributed by atoms with E-state index in [-0.39, 0.29) is 24.4 Å². The minimum Gasteiger partial charge on any atom is -0.444 e. The summed E-state index contributed by atoms with van der Waals surface area (Å²) in [6, 6.07) is 0. The first kappa shape index (κ1) is 18.6. The molecule has 22 heavy (non-hydrogen) atoms. The third-order valence-electron chi connectivity index (χ3n) is 3.45. The van der Waals surface area contributed by atoms with Crippen LogP contribution in [0.2, 0.25) is 0 Å². The van der Waals surface area contributed by atoms with Crippen molar-refractivity contribution in [3.8, 4) is 0 Å². The molecule has 124 valence electrons. The Morgan fingerprint density at radius 3 is 2.59 bits per heavy atom. The van der Waals surface area contributed by atoms with Crippen molar-refractivity contribution in [3.05, 3.63) is 23.8 Å². The van der Waals surface area contributed by atoms with Gasteiger partial charge in [0.1, 0.15) is 11.4 Å². The average molecular weight is 329 g/mol. The quantitative estimate of drug-likeness (QED) is 0.902. The number of carbonyl (C=O) groups is 1. The molecule has 1 saturated heterocycles. The smallest absolute Gasteiger partial charge is 0.410 e. The van der Waals surface area contributed by atoms with Crippen LogP contribution in [0, 0.1) is 0 Å². The molecule has 0 spiro atoms. The number of nitrogens with two attached hydrogens (primary N) is 1. The Morgan fingerprint density at radius 1 is 1.41 bits per heavy atom. The van der Waals surface area contributed by atoms with Crippen molar-refractivity contribution in [2.24, 2.45) is 5.73 Å². The Hall–Kier alpha value is -1.40. The molecule has 2 heterocycles. The lowest BCUT2D eigenvalue weighted by Crippen LogP contribution is -2.42. The molecule has 7 heteroatoms. The van der Waals surface area contributed by atoms with E-state index in [0.29, 0.717) is 18.9 Å². The number of piperidine rings is 1. The molecule has 6 nitrogen and oxygen atoms in total. The van der Waals surface area contributed by atoms with Gasteiger partial charge in [-0.1, -0.05) is 0 Å². The molecule has 1 atom stereocenters. The molecule has 2 N–H and O–H groups in total. The number of rotatable bonds is 2. The molecule has 1 fully saturated rings. The van der Waals surface area contributed by atoms with Gasteiger partial charge in [0.05, 0.1) is 6.54 Å². The summed E-state index contributed by atoms with van der Waals surface area (Å²) >= 11 is 0. The molecule has 0 saturated carbocycles. The first-order valence-corrected chi connectivity index (χ1v) is 7.38. The lowest BCUT2D eigenvalue weighted by atomic mass is 9.93. The lowest BCUT2D eigenvalue weighted by Gasteiger charge is -2.34. The summed E-state index contributed by atoms with van der Waals surface area (Å²) in [5.74, 6) is 0.900. The highest BCUT2D eigenvalue weighted by Crippen LogP contribution is 2.27. The summed E-state index contributed by atoms with van der Waals surface area (Å²) in [6.07, 6.45) is 5.39. The van der Waals surface area contributed by atoms with Crippen molar-refractivity contribution >= 4 is 18.5 Å². The Kier molecular flexibility index (Phi) is 6.56. The van der Waals surface area contributed by atoms with E-state index in [0.717, 1.165) is 24.9 Å². The fraction of sp³-hybridized carbons (Fsp3) is 0.667. The van der Waals surface area contributed by atoms with Gasteiger partial charge in [-0.2, -0.15) is 0 Å². The van der Waals surface area contributed by atoms with Crippen molar-refractivity contribution in [1.82, 2.24) is 14.9 Å². The van der Waals surface area contributed by atoms with E-state index in [1.54, 1.807) is 4.90 Å². The summed E-state index contributed by atoms with van der Waals surface area (Å²) in [6.45, 7) is 7.38. The van der Waals surface area contributed by atoms with Gasteiger partial charge in [0.2, 0.25) is 0 Å². The second kappa shape index (κ2) is 7.74. The Morgan fingerprint density at radius 2 is 2.05 bits per heavy atom. The SMILES string of the molecule is CC(C)(C)OC(=O)N1CCCC(c2cnc(CN)nc2)C1.Cl. The van der Waals surface area contributed by atoms with Crippen LogP contribution in [0.1, 0.15) is 50.9 Å². The van der Waals surface area contributed by atoms with E-state index in [1.165, 1.54) is 0 Å². The van der Waals surface area contributed by atoms with Gasteiger partial charge in [0, 0.05) is 31.4 Å². The average Bonchev–Trinajstić information content (AvgIpc) is 2.46. The van der Waals surface area contributed by atoms with Crippen molar-refractivity contribution in [3.63, 3.8) is 0 Å². The van der Waals surface area contributed by atoms with E-state index in [2.05, 4.69) is 9.97 Å². The van der Waals surface area contributed by atoms with Crippen molar-refractivity contribution in [2.45, 2.75) is 51.7 Å². The maximum atomic E-state index is 12.1. The molecule has 0 aromatic carbocycles. The zero-order valence-electron chi connectivity index (χ0n) is 13.4. The van der Waals surface area contributed by atoms with Crippen LogP contribution in [-0.4, -0.2) is 39.7 Å². The van der Waals surface area contributed by atoms with Crippen molar-refractivity contribution < 1.29 is 9.53 Å². The summed E-state index contributed by atoms with van der Waals surface area (Å²) in [7, 11) is 0. The second-order valence-electron chi connectivity index (χ2n) is 6.40. The van der Waals surface area contributed by atoms with E-state index >= 15 is 0 Å². The largest absolute Gasteiger partial charge is 0.444 e. The molecule has 1 aliphatic rings. The number of halogens is 1. The third kappa shape index (κ3) is 5.10. The minimum atomic E-state index is -0.462. The highest BCUT2D eigenvalue weighted by molar-refractivity contribution is 5.85. The molecule has 1 aliphatic heterocycles. The molecule has 1 unspecified atom stereocenters. The molecule has 0 bridgehead atoms. The highest BCUT2D eigenvalue weighted by Gasteiger charge is 2.28. The zero-order chi connectivity index (χ0) is 15.5. The Balaban J connectivity index is 0.00000242. The molecular weight excluding hydrogens is 304 g/mol. The van der Waals surface area contributed by atoms with Gasteiger partial charge in [0.25, 0.3) is 0 Å². The van der Waals surface area contributed by atoms with Crippen LogP contribution in [0.3, 0.4) is 0 Å². The molecule has 0 aliphatic carbocycles. The van der Waals surface area contributed by atoms with Gasteiger partial charge in [0.15, 0.2) is 0 Å². The summed E-state index contributed by atoms with van der Waals surface area (Å²) in [5, 5.41) is 0. The van der Waals surface area contributed by atoms with Crippen LogP contribution in [0.25, 0.3) is 0 Å². The number of carbonyl (C=O) groups excluding carboxylic acids is 1. The third-order valence-corrected chi connectivity index (χ3v) is 3.45. The fourth-order valence-corrected chi connectivity index (χ4v) is 2.42. The second-order valence-corrected chi connectivity index (χ2v) is 6.40. The van der Waals surface area contributed by atoms with Crippen LogP contribution in [0.5, 0.6) is 0 Å². The molecule has 1 amide bonds. The Labute approximate surface area is 137 Å². The monoisotopic (exact) mass is 328 g/mol. The highest BCUT2D eigenvalue weighted by atomic mass is 35.5. The van der Waals surface area contributed by atoms with E-state index in [1.807, 2.05) is 33.2 Å². The molecule has 0 radical (unpaired) electrons. The first-order chi connectivity index (χ1) is 9.89. The van der Waals surface area contributed by atoms with E-state index in [4.69, 9.17) is 10.5 Å². The van der Waals surface area contributed by atoms with Gasteiger partial charge in [-0.05, 0) is 39.2 Å². The topological polar surface area (TPSA) is 81.3 Å². The van der Waals surface area contributed by atoms with Crippen LogP contribution in [-0.2, 0) is 11.3 Å². The molecular formula is C15H25ClN4O2. The lowest BCUT2D eigenvalue weighted by molar-refractivity contribution is 0.0198. The molecule has 2 rings (SSSR count). The first-order valence-electron chi connectivity index (χ1n) is 7.38. The normalized spacial score (nSPS) is 18.5. The molecule has 1 aromatic rings. The number of ether oxygens (including phenoxy) is 1. The number of nitrogens with zero attached hydrogens (tertiary/aromatic N) is 3. The minimum absolute atomic E-state index is 0. The summed E-state index contributed by atoms with van der Waals surface area (Å²) in [5.41, 5.74) is 6.10. The van der Waals surface area contributed by atoms with E-state index < -0.39 is 5.60 Å². The predicted octanol–water partition coefficient (Wildman–Crippen LogP) is 2.47. The number of aromatic nitrogens is 2. The van der Waals surface area contributed by atoms with Crippen molar-refractivity contribution in [2.75, 3.05) is 13.1 Å². The number of amides is 1. The van der Waals surface area contributed by atoms with E-state index in [9.17, 15) is 4.79 Å². The maximum Gasteiger partial charge on any atom is 0.410 e. The van der Waals surface area contributed by atoms with Crippen LogP contribution in [0.15, 0.2) is 12.4 Å². The van der Waals surface area contributed by atoms with Gasteiger partial charge >= 0.3 is 6.09 Å². The number of hydrogen-bond donors (Lipinski definition) is 1. The zero-order valence-corrected chi connectivity index (χ0v) is 14.2. The number of likely N-dealkylation sites (tertiary alicyclic amines) is 1. The summed E-state index contributed by atoms with van der Waals surface area (Å²) < 4.78 is 5.44. The van der Waals surface area contributed by atoms with Gasteiger partial charge < -0.3 is 15.4 Å².